The van der Waals surface area contributed by atoms with E-state index in [1.54, 1.807) is 0 Å². The Balaban J connectivity index is 0. The second-order valence-corrected chi connectivity index (χ2v) is 1.21. The van der Waals surface area contributed by atoms with Crippen LogP contribution in [-0.4, -0.2) is 0 Å². The zero-order chi connectivity index (χ0) is 3.58. The summed E-state index contributed by atoms with van der Waals surface area (Å²) in [6.45, 7) is 0. The van der Waals surface area contributed by atoms with Crippen molar-refractivity contribution in [2.24, 2.45) is 0 Å². The standard InChI is InChI=1S/Cu.Mo.3O. The molecule has 0 aromatic rings. The zero-order valence-corrected chi connectivity index (χ0v) is 4.88. The van der Waals surface area contributed by atoms with Crippen molar-refractivity contribution in [2.45, 2.75) is 0 Å². The number of hydrogen-bond donors (Lipinski definition) is 0. The van der Waals surface area contributed by atoms with Gasteiger partial charge in [0.25, 0.3) is 0 Å². The molecule has 0 spiro atoms. The molecule has 0 aromatic heterocycles. The summed E-state index contributed by atoms with van der Waals surface area (Å²) in [5, 5.41) is 0. The molecule has 0 aliphatic heterocycles. The number of hydrogen-bond acceptors (Lipinski definition) is 3. The fraction of sp³-hybridized carbons (Fsp3) is 0. The van der Waals surface area contributed by atoms with Crippen LogP contribution in [0.25, 0.3) is 0 Å². The van der Waals surface area contributed by atoms with Gasteiger partial charge in [0.1, 0.15) is 0 Å². The van der Waals surface area contributed by atoms with Crippen LogP contribution in [0.5, 0.6) is 0 Å². The third kappa shape index (κ3) is 84.8. The average molecular weight is 207 g/mol. The van der Waals surface area contributed by atoms with Gasteiger partial charge in [-0.2, -0.15) is 0 Å². The normalized spacial score (nSPS) is 4.80. The molecule has 5 heteroatoms. The van der Waals surface area contributed by atoms with Crippen LogP contribution in [0.4, 0.5) is 0 Å². The van der Waals surface area contributed by atoms with Gasteiger partial charge in [-0.25, -0.2) is 0 Å². The van der Waals surface area contributed by atoms with E-state index in [0.29, 0.717) is 0 Å². The van der Waals surface area contributed by atoms with Gasteiger partial charge in [0.15, 0.2) is 0 Å². The zero-order valence-electron chi connectivity index (χ0n) is 1.93. The monoisotopic (exact) mass is 209 g/mol. The van der Waals surface area contributed by atoms with E-state index < -0.39 is 17.2 Å². The van der Waals surface area contributed by atoms with E-state index in [1.807, 2.05) is 0 Å². The van der Waals surface area contributed by atoms with Crippen molar-refractivity contribution in [1.82, 2.24) is 0 Å². The Kier molecular flexibility index (Phi) is 8.43. The van der Waals surface area contributed by atoms with E-state index in [0.717, 1.165) is 0 Å². The summed E-state index contributed by atoms with van der Waals surface area (Å²) < 4.78 is 25.8. The van der Waals surface area contributed by atoms with Gasteiger partial charge >= 0.3 is 27.4 Å². The fourth-order valence-electron chi connectivity index (χ4n) is 0. The van der Waals surface area contributed by atoms with E-state index in [2.05, 4.69) is 0 Å². The van der Waals surface area contributed by atoms with E-state index in [-0.39, 0.29) is 17.1 Å². The molecule has 5 heavy (non-hydrogen) atoms. The van der Waals surface area contributed by atoms with Gasteiger partial charge in [-0.05, 0) is 0 Å². The molecule has 35 valence electrons. The molecule has 0 heterocycles. The van der Waals surface area contributed by atoms with E-state index in [4.69, 9.17) is 10.2 Å². The van der Waals surface area contributed by atoms with Crippen molar-refractivity contribution in [2.75, 3.05) is 0 Å². The first-order chi connectivity index (χ1) is 1.73. The molecule has 0 aliphatic carbocycles. The Morgan fingerprint density at radius 1 is 1.00 bits per heavy atom. The molecule has 0 N–H and O–H groups in total. The fourth-order valence-corrected chi connectivity index (χ4v) is 0. The molecule has 0 atom stereocenters. The summed E-state index contributed by atoms with van der Waals surface area (Å²) in [6, 6.07) is 0. The van der Waals surface area contributed by atoms with Crippen molar-refractivity contribution in [3.05, 3.63) is 0 Å². The summed E-state index contributed by atoms with van der Waals surface area (Å²) in [5.41, 5.74) is 0. The maximum absolute atomic E-state index is 8.59. The van der Waals surface area contributed by atoms with Crippen molar-refractivity contribution in [3.63, 3.8) is 0 Å². The molecule has 1 radical (unpaired) electrons. The topological polar surface area (TPSA) is 51.2 Å². The molecule has 0 saturated heterocycles. The van der Waals surface area contributed by atoms with Gasteiger partial charge in [-0.1, -0.05) is 0 Å². The number of rotatable bonds is 0. The van der Waals surface area contributed by atoms with Crippen LogP contribution in [0, 0.1) is 0 Å². The first-order valence-corrected chi connectivity index (χ1v) is 2.96. The van der Waals surface area contributed by atoms with Crippen LogP contribution < -0.4 is 0 Å². The minimum absolute atomic E-state index is 0. The molecule has 0 amide bonds. The quantitative estimate of drug-likeness (QED) is 0.510. The van der Waals surface area contributed by atoms with Crippen LogP contribution in [0.1, 0.15) is 0 Å². The van der Waals surface area contributed by atoms with Gasteiger partial charge in [-0.15, -0.1) is 0 Å². The van der Waals surface area contributed by atoms with Gasteiger partial charge in [0, 0.05) is 17.1 Å². The Hall–Kier alpha value is 0.608. The molecular weight excluding hydrogens is 207 g/mol. The Morgan fingerprint density at radius 3 is 1.00 bits per heavy atom. The summed E-state index contributed by atoms with van der Waals surface area (Å²) in [6.07, 6.45) is 0. The predicted molar refractivity (Wildman–Crippen MR) is 2.06 cm³/mol. The molecule has 0 aromatic carbocycles. The summed E-state index contributed by atoms with van der Waals surface area (Å²) in [5.74, 6) is 0. The van der Waals surface area contributed by atoms with Crippen molar-refractivity contribution in [1.29, 1.82) is 0 Å². The third-order valence-electron chi connectivity index (χ3n) is 0. The van der Waals surface area contributed by atoms with Crippen LogP contribution in [0.3, 0.4) is 0 Å². The summed E-state index contributed by atoms with van der Waals surface area (Å²) in [7, 11) is 0. The Bertz CT molecular complexity index is 76.3. The van der Waals surface area contributed by atoms with Gasteiger partial charge in [0.2, 0.25) is 0 Å². The van der Waals surface area contributed by atoms with Crippen LogP contribution in [0.15, 0.2) is 0 Å². The van der Waals surface area contributed by atoms with Crippen LogP contribution in [0.2, 0.25) is 0 Å². The molecule has 0 aliphatic rings. The predicted octanol–water partition coefficient (Wildman–Crippen LogP) is -0.361. The first kappa shape index (κ1) is 9.15. The van der Waals surface area contributed by atoms with Crippen molar-refractivity contribution in [3.8, 4) is 0 Å². The molecule has 0 bridgehead atoms. The Morgan fingerprint density at radius 2 is 1.00 bits per heavy atom. The van der Waals surface area contributed by atoms with Gasteiger partial charge in [-0.3, -0.25) is 0 Å². The molecule has 0 unspecified atom stereocenters. The molecule has 0 fully saturated rings. The second-order valence-electron chi connectivity index (χ2n) is 0.204. The van der Waals surface area contributed by atoms with Crippen LogP contribution in [-0.2, 0) is 44.5 Å². The van der Waals surface area contributed by atoms with Crippen LogP contribution >= 0.6 is 0 Å². The van der Waals surface area contributed by atoms with E-state index >= 15 is 0 Å². The molecule has 0 rings (SSSR count). The molecule has 3 nitrogen and oxygen atoms in total. The van der Waals surface area contributed by atoms with E-state index in [9.17, 15) is 0 Å². The Labute approximate surface area is 44.7 Å². The summed E-state index contributed by atoms with van der Waals surface area (Å²) in [4.78, 5) is 0. The summed E-state index contributed by atoms with van der Waals surface area (Å²) >= 11 is -4.11. The maximum atomic E-state index is 8.59. The molecular formula is CuMoO3. The van der Waals surface area contributed by atoms with Crippen molar-refractivity contribution < 1.29 is 44.5 Å². The average Bonchev–Trinajstić information content (AvgIpc) is 0.811. The first-order valence-electron chi connectivity index (χ1n) is 0.500. The third-order valence-corrected chi connectivity index (χ3v) is 0. The van der Waals surface area contributed by atoms with Gasteiger partial charge < -0.3 is 0 Å². The second kappa shape index (κ2) is 4.61. The molecule has 0 saturated carbocycles. The SMILES string of the molecule is [Cu].[O]=[Mo](=[O])=[O]. The van der Waals surface area contributed by atoms with Crippen molar-refractivity contribution >= 4 is 0 Å². The van der Waals surface area contributed by atoms with Gasteiger partial charge in [0.05, 0.1) is 0 Å². The minimum atomic E-state index is -4.11. The van der Waals surface area contributed by atoms with E-state index in [1.165, 1.54) is 0 Å².